The quantitative estimate of drug-likeness (QED) is 0.405. The largest absolute Gasteiger partial charge is 0.390 e. The summed E-state index contributed by atoms with van der Waals surface area (Å²) in [6.07, 6.45) is -5.14. The van der Waals surface area contributed by atoms with E-state index in [4.69, 9.17) is 0 Å². The van der Waals surface area contributed by atoms with Gasteiger partial charge in [-0.1, -0.05) is 6.92 Å². The van der Waals surface area contributed by atoms with Crippen molar-refractivity contribution in [3.63, 3.8) is 0 Å². The lowest BCUT2D eigenvalue weighted by atomic mass is 10.0. The molecule has 0 saturated heterocycles. The predicted molar refractivity (Wildman–Crippen MR) is 70.6 cm³/mol. The second-order valence-electron chi connectivity index (χ2n) is 5.01. The number of hydrogen-bond donors (Lipinski definition) is 5. The lowest BCUT2D eigenvalue weighted by Gasteiger charge is -2.29. The smallest absolute Gasteiger partial charge is 0.317 e. The average molecular weight is 278 g/mol. The highest BCUT2D eigenvalue weighted by atomic mass is 16.4. The van der Waals surface area contributed by atoms with Crippen LogP contribution in [0.1, 0.15) is 27.2 Å². The highest BCUT2D eigenvalue weighted by Gasteiger charge is 2.30. The van der Waals surface area contributed by atoms with Crippen LogP contribution >= 0.6 is 0 Å². The maximum atomic E-state index is 11.6. The second kappa shape index (κ2) is 8.31. The van der Waals surface area contributed by atoms with E-state index in [9.17, 15) is 25.2 Å². The average Bonchev–Trinajstić information content (AvgIpc) is 2.34. The van der Waals surface area contributed by atoms with Crippen LogP contribution in [0, 0.1) is 0 Å². The fourth-order valence-corrected chi connectivity index (χ4v) is 1.53. The Balaban J connectivity index is 4.35. The molecule has 2 amide bonds. The summed E-state index contributed by atoms with van der Waals surface area (Å²) in [5.74, 6) is 0. The molecule has 0 bridgehead atoms. The van der Waals surface area contributed by atoms with Crippen LogP contribution < -0.4 is 5.32 Å². The molecule has 0 aliphatic carbocycles. The SMILES string of the molecule is CC[C@@H](O)[C@@H](O)[C@H](O)[C@@H](O)CN(C)C(=O)NC(C)C. The topological polar surface area (TPSA) is 113 Å². The molecule has 0 aromatic carbocycles. The van der Waals surface area contributed by atoms with Crippen molar-refractivity contribution in [3.8, 4) is 0 Å². The molecule has 19 heavy (non-hydrogen) atoms. The van der Waals surface area contributed by atoms with Gasteiger partial charge in [-0.3, -0.25) is 0 Å². The van der Waals surface area contributed by atoms with Gasteiger partial charge in [0.15, 0.2) is 0 Å². The summed E-state index contributed by atoms with van der Waals surface area (Å²) >= 11 is 0. The number of likely N-dealkylation sites (N-methyl/N-ethyl adjacent to an activating group) is 1. The van der Waals surface area contributed by atoms with Crippen LogP contribution in [0.5, 0.6) is 0 Å². The van der Waals surface area contributed by atoms with E-state index in [1.54, 1.807) is 20.8 Å². The molecule has 0 aliphatic rings. The molecule has 0 aliphatic heterocycles. The fourth-order valence-electron chi connectivity index (χ4n) is 1.53. The first-order chi connectivity index (χ1) is 8.70. The molecule has 0 radical (unpaired) electrons. The molecule has 7 nitrogen and oxygen atoms in total. The first-order valence-corrected chi connectivity index (χ1v) is 6.44. The number of aliphatic hydroxyl groups excluding tert-OH is 4. The van der Waals surface area contributed by atoms with Crippen LogP contribution in [0.3, 0.4) is 0 Å². The molecule has 5 N–H and O–H groups in total. The molecule has 4 atom stereocenters. The van der Waals surface area contributed by atoms with Crippen molar-refractivity contribution in [2.45, 2.75) is 57.6 Å². The normalized spacial score (nSPS) is 17.7. The molecular formula is C12H26N2O5. The molecule has 0 rings (SSSR count). The van der Waals surface area contributed by atoms with E-state index in [0.29, 0.717) is 0 Å². The van der Waals surface area contributed by atoms with E-state index in [2.05, 4.69) is 5.32 Å². The lowest BCUT2D eigenvalue weighted by molar-refractivity contribution is -0.108. The number of carbonyl (C=O) groups excluding carboxylic acids is 1. The lowest BCUT2D eigenvalue weighted by Crippen LogP contribution is -2.51. The van der Waals surface area contributed by atoms with E-state index in [1.807, 2.05) is 0 Å². The zero-order chi connectivity index (χ0) is 15.2. The summed E-state index contributed by atoms with van der Waals surface area (Å²) in [5, 5.41) is 41.0. The molecule has 7 heteroatoms. The molecule has 114 valence electrons. The summed E-state index contributed by atoms with van der Waals surface area (Å²) in [4.78, 5) is 12.8. The van der Waals surface area contributed by atoms with Gasteiger partial charge in [0, 0.05) is 13.1 Å². The third-order valence-electron chi connectivity index (χ3n) is 2.78. The number of urea groups is 1. The zero-order valence-electron chi connectivity index (χ0n) is 11.9. The van der Waals surface area contributed by atoms with Gasteiger partial charge in [0.2, 0.25) is 0 Å². The Bertz CT molecular complexity index is 275. The van der Waals surface area contributed by atoms with E-state index < -0.39 is 24.4 Å². The minimum absolute atomic E-state index is 0.0375. The maximum absolute atomic E-state index is 11.6. The standard InChI is InChI=1S/C12H26N2O5/c1-5-8(15)10(17)11(18)9(16)6-14(4)12(19)13-7(2)3/h7-11,15-18H,5-6H2,1-4H3,(H,13,19)/t8-,9+,10-,11-/m1/s1. The number of hydrogen-bond acceptors (Lipinski definition) is 5. The summed E-state index contributed by atoms with van der Waals surface area (Å²) in [6, 6.07) is -0.420. The van der Waals surface area contributed by atoms with E-state index in [1.165, 1.54) is 11.9 Å². The monoisotopic (exact) mass is 278 g/mol. The number of carbonyl (C=O) groups is 1. The van der Waals surface area contributed by atoms with Crippen LogP contribution in [0.15, 0.2) is 0 Å². The Kier molecular flexibility index (Phi) is 7.93. The zero-order valence-corrected chi connectivity index (χ0v) is 11.9. The predicted octanol–water partition coefficient (Wildman–Crippen LogP) is -1.11. The molecule has 0 aromatic heterocycles. The molecule has 0 aromatic rings. The Morgan fingerprint density at radius 1 is 1.11 bits per heavy atom. The van der Waals surface area contributed by atoms with Crippen molar-refractivity contribution in [1.82, 2.24) is 10.2 Å². The Hall–Kier alpha value is -0.890. The molecule has 0 saturated carbocycles. The van der Waals surface area contributed by atoms with Gasteiger partial charge in [0.1, 0.15) is 18.3 Å². The van der Waals surface area contributed by atoms with Crippen LogP contribution in [-0.2, 0) is 0 Å². The first-order valence-electron chi connectivity index (χ1n) is 6.44. The number of nitrogens with zero attached hydrogens (tertiary/aromatic N) is 1. The minimum atomic E-state index is -1.51. The second-order valence-corrected chi connectivity index (χ2v) is 5.01. The third kappa shape index (κ3) is 6.20. The molecule has 0 fully saturated rings. The third-order valence-corrected chi connectivity index (χ3v) is 2.78. The highest BCUT2D eigenvalue weighted by Crippen LogP contribution is 2.08. The van der Waals surface area contributed by atoms with Crippen molar-refractivity contribution in [3.05, 3.63) is 0 Å². The van der Waals surface area contributed by atoms with Crippen molar-refractivity contribution >= 4 is 6.03 Å². The van der Waals surface area contributed by atoms with Gasteiger partial charge < -0.3 is 30.6 Å². The van der Waals surface area contributed by atoms with Crippen LogP contribution in [0.4, 0.5) is 4.79 Å². The highest BCUT2D eigenvalue weighted by molar-refractivity contribution is 5.74. The van der Waals surface area contributed by atoms with Gasteiger partial charge in [-0.25, -0.2) is 4.79 Å². The van der Waals surface area contributed by atoms with Gasteiger partial charge >= 0.3 is 6.03 Å². The Morgan fingerprint density at radius 2 is 1.58 bits per heavy atom. The van der Waals surface area contributed by atoms with E-state index in [-0.39, 0.29) is 25.0 Å². The summed E-state index contributed by atoms with van der Waals surface area (Å²) in [5.41, 5.74) is 0. The van der Waals surface area contributed by atoms with Gasteiger partial charge in [0.05, 0.1) is 12.6 Å². The van der Waals surface area contributed by atoms with Crippen molar-refractivity contribution in [2.75, 3.05) is 13.6 Å². The first kappa shape index (κ1) is 18.1. The summed E-state index contributed by atoms with van der Waals surface area (Å²) in [6.45, 7) is 5.11. The van der Waals surface area contributed by atoms with Crippen molar-refractivity contribution in [1.29, 1.82) is 0 Å². The molecule has 0 heterocycles. The van der Waals surface area contributed by atoms with Gasteiger partial charge in [-0.2, -0.15) is 0 Å². The fraction of sp³-hybridized carbons (Fsp3) is 0.917. The van der Waals surface area contributed by atoms with Gasteiger partial charge in [-0.05, 0) is 20.3 Å². The molecule has 0 spiro atoms. The Labute approximate surface area is 113 Å². The minimum Gasteiger partial charge on any atom is -0.390 e. The van der Waals surface area contributed by atoms with E-state index >= 15 is 0 Å². The number of nitrogens with one attached hydrogen (secondary N) is 1. The van der Waals surface area contributed by atoms with Crippen LogP contribution in [0.2, 0.25) is 0 Å². The number of rotatable bonds is 7. The molecular weight excluding hydrogens is 252 g/mol. The van der Waals surface area contributed by atoms with Crippen LogP contribution in [0.25, 0.3) is 0 Å². The maximum Gasteiger partial charge on any atom is 0.317 e. The summed E-state index contributed by atoms with van der Waals surface area (Å²) < 4.78 is 0. The number of amides is 2. The Morgan fingerprint density at radius 3 is 2.00 bits per heavy atom. The van der Waals surface area contributed by atoms with Gasteiger partial charge in [0.25, 0.3) is 0 Å². The number of aliphatic hydroxyl groups is 4. The van der Waals surface area contributed by atoms with Crippen molar-refractivity contribution < 1.29 is 25.2 Å². The summed E-state index contributed by atoms with van der Waals surface area (Å²) in [7, 11) is 1.47. The molecule has 0 unspecified atom stereocenters. The van der Waals surface area contributed by atoms with E-state index in [0.717, 1.165) is 0 Å². The van der Waals surface area contributed by atoms with Crippen molar-refractivity contribution in [2.24, 2.45) is 0 Å². The van der Waals surface area contributed by atoms with Gasteiger partial charge in [-0.15, -0.1) is 0 Å². The van der Waals surface area contributed by atoms with Crippen LogP contribution in [-0.4, -0.2) is 75.4 Å².